The number of benzene rings is 1. The first-order valence-electron chi connectivity index (χ1n) is 5.60. The predicted molar refractivity (Wildman–Crippen MR) is 74.2 cm³/mol. The van der Waals surface area contributed by atoms with E-state index in [0.717, 1.165) is 26.4 Å². The molecule has 0 aliphatic carbocycles. The fraction of sp³-hybridized carbons (Fsp3) is 0.0769. The van der Waals surface area contributed by atoms with Crippen molar-refractivity contribution in [3.63, 3.8) is 0 Å². The summed E-state index contributed by atoms with van der Waals surface area (Å²) in [6, 6.07) is 6.84. The number of hydrogen-bond donors (Lipinski definition) is 0. The van der Waals surface area contributed by atoms with Crippen molar-refractivity contribution in [2.75, 3.05) is 0 Å². The third kappa shape index (κ3) is 2.17. The van der Waals surface area contributed by atoms with Gasteiger partial charge in [-0.15, -0.1) is 11.3 Å². The minimum Gasteiger partial charge on any atom is -0.263 e. The van der Waals surface area contributed by atoms with E-state index in [1.807, 2.05) is 19.1 Å². The topological polar surface area (TPSA) is 68.9 Å². The maximum absolute atomic E-state index is 10.9. The highest BCUT2D eigenvalue weighted by Crippen LogP contribution is 2.32. The Hall–Kier alpha value is -2.34. The molecule has 2 heterocycles. The third-order valence-electron chi connectivity index (χ3n) is 2.71. The number of fused-ring (bicyclic) bond motifs is 1. The van der Waals surface area contributed by atoms with Crippen LogP contribution in [-0.2, 0) is 0 Å². The van der Waals surface area contributed by atoms with Crippen LogP contribution in [0.2, 0.25) is 0 Å². The Morgan fingerprint density at radius 2 is 2.16 bits per heavy atom. The monoisotopic (exact) mass is 271 g/mol. The summed E-state index contributed by atoms with van der Waals surface area (Å²) in [5.74, 6) is 0. The maximum atomic E-state index is 10.9. The molecule has 0 aliphatic heterocycles. The van der Waals surface area contributed by atoms with Crippen LogP contribution >= 0.6 is 11.3 Å². The summed E-state index contributed by atoms with van der Waals surface area (Å²) in [6.45, 7) is 1.84. The van der Waals surface area contributed by atoms with Crippen molar-refractivity contribution in [2.24, 2.45) is 0 Å². The Morgan fingerprint density at radius 1 is 1.32 bits per heavy atom. The zero-order valence-electron chi connectivity index (χ0n) is 10.0. The highest BCUT2D eigenvalue weighted by atomic mass is 32.1. The molecule has 6 heteroatoms. The molecule has 0 atom stereocenters. The molecule has 0 saturated carbocycles. The third-order valence-corrected chi connectivity index (χ3v) is 3.77. The van der Waals surface area contributed by atoms with Crippen molar-refractivity contribution in [1.29, 1.82) is 0 Å². The van der Waals surface area contributed by atoms with Crippen molar-refractivity contribution in [3.05, 3.63) is 52.3 Å². The molecular weight excluding hydrogens is 262 g/mol. The van der Waals surface area contributed by atoms with Gasteiger partial charge in [-0.25, -0.2) is 4.98 Å². The van der Waals surface area contributed by atoms with Crippen LogP contribution in [0.25, 0.3) is 20.8 Å². The summed E-state index contributed by atoms with van der Waals surface area (Å²) in [6.07, 6.45) is 3.44. The van der Waals surface area contributed by atoms with Crippen molar-refractivity contribution in [1.82, 2.24) is 9.97 Å². The predicted octanol–water partition coefficient (Wildman–Crippen LogP) is 3.57. The minimum absolute atomic E-state index is 0.0902. The fourth-order valence-corrected chi connectivity index (χ4v) is 2.82. The lowest BCUT2D eigenvalue weighted by Crippen LogP contribution is -1.89. The van der Waals surface area contributed by atoms with E-state index < -0.39 is 0 Å². The van der Waals surface area contributed by atoms with Gasteiger partial charge in [0, 0.05) is 30.1 Å². The van der Waals surface area contributed by atoms with Crippen molar-refractivity contribution < 1.29 is 4.92 Å². The van der Waals surface area contributed by atoms with E-state index in [-0.39, 0.29) is 10.6 Å². The number of aromatic nitrogens is 2. The van der Waals surface area contributed by atoms with Crippen LogP contribution in [0.15, 0.2) is 36.7 Å². The zero-order valence-corrected chi connectivity index (χ0v) is 10.8. The summed E-state index contributed by atoms with van der Waals surface area (Å²) in [7, 11) is 0. The quantitative estimate of drug-likeness (QED) is 0.527. The van der Waals surface area contributed by atoms with E-state index in [1.165, 1.54) is 11.3 Å². The molecule has 0 saturated heterocycles. The molecule has 0 spiro atoms. The lowest BCUT2D eigenvalue weighted by atomic mass is 10.1. The van der Waals surface area contributed by atoms with Gasteiger partial charge in [-0.05, 0) is 24.6 Å². The molecule has 19 heavy (non-hydrogen) atoms. The van der Waals surface area contributed by atoms with Gasteiger partial charge >= 0.3 is 0 Å². The van der Waals surface area contributed by atoms with Gasteiger partial charge in [-0.3, -0.25) is 15.1 Å². The standard InChI is InChI=1S/C13H9N3O2S/c1-8-4-9(6-10(5-8)16(17)18)13-15-11-2-3-14-7-12(11)19-13/h2-7H,1H3. The molecule has 5 nitrogen and oxygen atoms in total. The SMILES string of the molecule is Cc1cc(-c2nc3ccncc3s2)cc([N+](=O)[O-])c1. The molecule has 3 rings (SSSR count). The number of nitro benzene ring substituents is 1. The Kier molecular flexibility index (Phi) is 2.72. The number of non-ortho nitro benzene ring substituents is 1. The molecule has 0 N–H and O–H groups in total. The summed E-state index contributed by atoms with van der Waals surface area (Å²) >= 11 is 1.48. The molecule has 94 valence electrons. The van der Waals surface area contributed by atoms with Crippen LogP contribution in [0, 0.1) is 17.0 Å². The average Bonchev–Trinajstić information content (AvgIpc) is 2.81. The van der Waals surface area contributed by atoms with Gasteiger partial charge in [-0.2, -0.15) is 0 Å². The van der Waals surface area contributed by atoms with E-state index in [1.54, 1.807) is 24.5 Å². The Labute approximate surface area is 112 Å². The highest BCUT2D eigenvalue weighted by molar-refractivity contribution is 7.21. The van der Waals surface area contributed by atoms with E-state index >= 15 is 0 Å². The molecule has 2 aromatic heterocycles. The van der Waals surface area contributed by atoms with Gasteiger partial charge in [0.05, 0.1) is 15.1 Å². The molecule has 0 unspecified atom stereocenters. The van der Waals surface area contributed by atoms with Gasteiger partial charge in [0.15, 0.2) is 0 Å². The molecule has 0 aliphatic rings. The number of pyridine rings is 1. The number of nitrogens with zero attached hydrogens (tertiary/aromatic N) is 3. The van der Waals surface area contributed by atoms with Crippen LogP contribution in [0.5, 0.6) is 0 Å². The van der Waals surface area contributed by atoms with E-state index in [0.29, 0.717) is 0 Å². The van der Waals surface area contributed by atoms with Crippen LogP contribution in [0.3, 0.4) is 0 Å². The van der Waals surface area contributed by atoms with Crippen LogP contribution in [0.1, 0.15) is 5.56 Å². The number of thiazole rings is 1. The van der Waals surface area contributed by atoms with Crippen molar-refractivity contribution >= 4 is 27.2 Å². The van der Waals surface area contributed by atoms with Crippen LogP contribution < -0.4 is 0 Å². The second-order valence-electron chi connectivity index (χ2n) is 4.18. The first-order valence-corrected chi connectivity index (χ1v) is 6.42. The van der Waals surface area contributed by atoms with Crippen molar-refractivity contribution in [3.8, 4) is 10.6 Å². The second kappa shape index (κ2) is 4.40. The lowest BCUT2D eigenvalue weighted by molar-refractivity contribution is -0.384. The van der Waals surface area contributed by atoms with Crippen LogP contribution in [0.4, 0.5) is 5.69 Å². The number of hydrogen-bond acceptors (Lipinski definition) is 5. The van der Waals surface area contributed by atoms with Crippen molar-refractivity contribution in [2.45, 2.75) is 6.92 Å². The molecule has 0 bridgehead atoms. The Morgan fingerprint density at radius 3 is 2.89 bits per heavy atom. The van der Waals surface area contributed by atoms with Gasteiger partial charge < -0.3 is 0 Å². The first-order chi connectivity index (χ1) is 9.13. The minimum atomic E-state index is -0.384. The normalized spacial score (nSPS) is 10.8. The fourth-order valence-electron chi connectivity index (χ4n) is 1.90. The summed E-state index contributed by atoms with van der Waals surface area (Å²) in [4.78, 5) is 19.0. The second-order valence-corrected chi connectivity index (χ2v) is 5.21. The Balaban J connectivity index is 2.17. The van der Waals surface area contributed by atoms with E-state index in [4.69, 9.17) is 0 Å². The van der Waals surface area contributed by atoms with E-state index in [9.17, 15) is 10.1 Å². The van der Waals surface area contributed by atoms with Gasteiger partial charge in [0.2, 0.25) is 0 Å². The molecule has 0 fully saturated rings. The van der Waals surface area contributed by atoms with Gasteiger partial charge in [0.1, 0.15) is 5.01 Å². The number of aryl methyl sites for hydroxylation is 1. The molecular formula is C13H9N3O2S. The molecule has 1 aromatic carbocycles. The number of rotatable bonds is 2. The van der Waals surface area contributed by atoms with E-state index in [2.05, 4.69) is 9.97 Å². The molecule has 0 amide bonds. The van der Waals surface area contributed by atoms with Gasteiger partial charge in [-0.1, -0.05) is 0 Å². The van der Waals surface area contributed by atoms with Gasteiger partial charge in [0.25, 0.3) is 5.69 Å². The lowest BCUT2D eigenvalue weighted by Gasteiger charge is -1.99. The van der Waals surface area contributed by atoms with Crippen LogP contribution in [-0.4, -0.2) is 14.9 Å². The zero-order chi connectivity index (χ0) is 13.4. The maximum Gasteiger partial charge on any atom is 0.270 e. The molecule has 0 radical (unpaired) electrons. The smallest absolute Gasteiger partial charge is 0.263 e. The summed E-state index contributed by atoms with van der Waals surface area (Å²) in [5, 5.41) is 11.7. The average molecular weight is 271 g/mol. The Bertz CT molecular complexity index is 749. The summed E-state index contributed by atoms with van der Waals surface area (Å²) in [5.41, 5.74) is 2.57. The highest BCUT2D eigenvalue weighted by Gasteiger charge is 2.12. The summed E-state index contributed by atoms with van der Waals surface area (Å²) < 4.78 is 0.974. The molecule has 3 aromatic rings. The largest absolute Gasteiger partial charge is 0.270 e. The number of nitro groups is 1. The first kappa shape index (κ1) is 11.7.